The average Bonchev–Trinajstić information content (AvgIpc) is 3.43. The van der Waals surface area contributed by atoms with Crippen molar-refractivity contribution in [2.45, 2.75) is 33.1 Å². The molecule has 4 nitrogen and oxygen atoms in total. The van der Waals surface area contributed by atoms with Gasteiger partial charge in [-0.3, -0.25) is 9.59 Å². The highest BCUT2D eigenvalue weighted by atomic mass is 16.5. The Labute approximate surface area is 161 Å². The van der Waals surface area contributed by atoms with Gasteiger partial charge in [0.2, 0.25) is 0 Å². The fourth-order valence-electron chi connectivity index (χ4n) is 9.44. The summed E-state index contributed by atoms with van der Waals surface area (Å²) in [5, 5.41) is 0. The first kappa shape index (κ1) is 16.6. The van der Waals surface area contributed by atoms with Crippen LogP contribution in [-0.4, -0.2) is 25.2 Å². The van der Waals surface area contributed by atoms with E-state index in [0.29, 0.717) is 36.9 Å². The van der Waals surface area contributed by atoms with Crippen LogP contribution in [0.15, 0.2) is 12.2 Å². The molecule has 0 saturated heterocycles. The lowest BCUT2D eigenvalue weighted by molar-refractivity contribution is -0.150. The van der Waals surface area contributed by atoms with Crippen LogP contribution >= 0.6 is 0 Å². The zero-order valence-corrected chi connectivity index (χ0v) is 16.3. The second-order valence-corrected chi connectivity index (χ2v) is 10.3. The predicted molar refractivity (Wildman–Crippen MR) is 98.1 cm³/mol. The van der Waals surface area contributed by atoms with E-state index in [-0.39, 0.29) is 11.9 Å². The topological polar surface area (TPSA) is 52.6 Å². The molecule has 0 radical (unpaired) electrons. The molecule has 0 aromatic heterocycles. The minimum atomic E-state index is -0.188. The molecule has 5 fully saturated rings. The summed E-state index contributed by atoms with van der Waals surface area (Å²) in [5.41, 5.74) is 0. The largest absolute Gasteiger partial charge is 0.466 e. The first-order valence-electron chi connectivity index (χ1n) is 11.0. The molecule has 6 bridgehead atoms. The van der Waals surface area contributed by atoms with Crippen molar-refractivity contribution in [2.75, 3.05) is 13.2 Å². The van der Waals surface area contributed by atoms with Gasteiger partial charge in [-0.05, 0) is 78.4 Å². The fourth-order valence-corrected chi connectivity index (χ4v) is 9.44. The van der Waals surface area contributed by atoms with Gasteiger partial charge < -0.3 is 9.47 Å². The van der Waals surface area contributed by atoms with Crippen LogP contribution in [0, 0.1) is 71.0 Å². The Hall–Kier alpha value is -1.32. The number of ether oxygens (including phenoxy) is 2. The van der Waals surface area contributed by atoms with Gasteiger partial charge in [0.25, 0.3) is 0 Å². The molecule has 27 heavy (non-hydrogen) atoms. The Morgan fingerprint density at radius 2 is 1.15 bits per heavy atom. The van der Waals surface area contributed by atoms with Crippen molar-refractivity contribution in [1.82, 2.24) is 0 Å². The van der Waals surface area contributed by atoms with Gasteiger partial charge in [-0.2, -0.15) is 0 Å². The maximum Gasteiger partial charge on any atom is 0.302 e. The van der Waals surface area contributed by atoms with Crippen LogP contribution in [0.3, 0.4) is 0 Å². The van der Waals surface area contributed by atoms with Gasteiger partial charge in [-0.1, -0.05) is 12.2 Å². The van der Waals surface area contributed by atoms with Gasteiger partial charge in [0.15, 0.2) is 0 Å². The first-order chi connectivity index (χ1) is 13.0. The van der Waals surface area contributed by atoms with E-state index in [9.17, 15) is 9.59 Å². The number of hydrogen-bond acceptors (Lipinski definition) is 4. The SMILES string of the molecule is CC(=O)OCC1C(COC(C)=O)C2CC1C1C3CC(C4C5C=CC(C5)C34)C21. The summed E-state index contributed by atoms with van der Waals surface area (Å²) < 4.78 is 11.0. The number of carbonyl (C=O) groups is 2. The number of hydrogen-bond donors (Lipinski definition) is 0. The molecule has 6 aliphatic carbocycles. The number of esters is 2. The molecule has 4 heteroatoms. The normalized spacial score (nSPS) is 55.0. The third kappa shape index (κ3) is 2.10. The maximum absolute atomic E-state index is 11.5. The molecule has 12 unspecified atom stereocenters. The van der Waals surface area contributed by atoms with Gasteiger partial charge in [0.1, 0.15) is 0 Å². The average molecular weight is 370 g/mol. The van der Waals surface area contributed by atoms with Crippen molar-refractivity contribution in [1.29, 1.82) is 0 Å². The zero-order chi connectivity index (χ0) is 18.4. The van der Waals surface area contributed by atoms with Gasteiger partial charge in [0.05, 0.1) is 13.2 Å². The molecular weight excluding hydrogens is 340 g/mol. The molecular formula is C23H30O4. The molecule has 146 valence electrons. The van der Waals surface area contributed by atoms with Crippen molar-refractivity contribution in [3.05, 3.63) is 12.2 Å². The van der Waals surface area contributed by atoms with E-state index in [4.69, 9.17) is 9.47 Å². The van der Waals surface area contributed by atoms with E-state index < -0.39 is 0 Å². The molecule has 5 saturated carbocycles. The second kappa shape index (κ2) is 5.61. The van der Waals surface area contributed by atoms with Crippen LogP contribution in [-0.2, 0) is 19.1 Å². The molecule has 0 amide bonds. The van der Waals surface area contributed by atoms with E-state index in [1.807, 2.05) is 0 Å². The van der Waals surface area contributed by atoms with Crippen LogP contribution in [0.1, 0.15) is 33.1 Å². The third-order valence-electron chi connectivity index (χ3n) is 9.69. The maximum atomic E-state index is 11.5. The second-order valence-electron chi connectivity index (χ2n) is 10.3. The van der Waals surface area contributed by atoms with E-state index >= 15 is 0 Å². The quantitative estimate of drug-likeness (QED) is 0.433. The van der Waals surface area contributed by atoms with E-state index in [1.165, 1.54) is 33.1 Å². The Balaban J connectivity index is 1.29. The minimum absolute atomic E-state index is 0.188. The molecule has 12 atom stereocenters. The molecule has 0 heterocycles. The molecule has 0 N–H and O–H groups in total. The van der Waals surface area contributed by atoms with E-state index in [0.717, 1.165) is 47.3 Å². The summed E-state index contributed by atoms with van der Waals surface area (Å²) in [6, 6.07) is 0. The van der Waals surface area contributed by atoms with Crippen molar-refractivity contribution < 1.29 is 19.1 Å². The first-order valence-corrected chi connectivity index (χ1v) is 11.0. The van der Waals surface area contributed by atoms with Gasteiger partial charge in [-0.25, -0.2) is 0 Å². The van der Waals surface area contributed by atoms with Gasteiger partial charge in [0, 0.05) is 25.7 Å². The predicted octanol–water partition coefficient (Wildman–Crippen LogP) is 3.32. The fraction of sp³-hybridized carbons (Fsp3) is 0.826. The van der Waals surface area contributed by atoms with Crippen molar-refractivity contribution >= 4 is 11.9 Å². The van der Waals surface area contributed by atoms with E-state index in [1.54, 1.807) is 0 Å². The van der Waals surface area contributed by atoms with E-state index in [2.05, 4.69) is 12.2 Å². The monoisotopic (exact) mass is 370 g/mol. The molecule has 0 aliphatic heterocycles. The highest BCUT2D eigenvalue weighted by molar-refractivity contribution is 5.66. The minimum Gasteiger partial charge on any atom is -0.466 e. The van der Waals surface area contributed by atoms with Crippen molar-refractivity contribution in [3.8, 4) is 0 Å². The summed E-state index contributed by atoms with van der Waals surface area (Å²) in [5.74, 6) is 8.75. The van der Waals surface area contributed by atoms with Crippen LogP contribution in [0.2, 0.25) is 0 Å². The standard InChI is InChI=1S/C23H30O4/c1-10(24)26-8-18-14-6-15(19(18)9-27-11(2)25)23-17-7-16(22(14)23)20-12-3-4-13(5-12)21(17)20/h3-4,12-23H,5-9H2,1-2H3. The Morgan fingerprint density at radius 3 is 1.59 bits per heavy atom. The van der Waals surface area contributed by atoms with Crippen LogP contribution in [0.5, 0.6) is 0 Å². The highest BCUT2D eigenvalue weighted by Gasteiger charge is 2.72. The van der Waals surface area contributed by atoms with Crippen LogP contribution < -0.4 is 0 Å². The number of rotatable bonds is 4. The third-order valence-corrected chi connectivity index (χ3v) is 9.69. The summed E-state index contributed by atoms with van der Waals surface area (Å²) in [4.78, 5) is 22.9. The number of allylic oxidation sites excluding steroid dienone is 2. The number of carbonyl (C=O) groups excluding carboxylic acids is 2. The van der Waals surface area contributed by atoms with Gasteiger partial charge in [-0.15, -0.1) is 0 Å². The molecule has 0 aromatic rings. The molecule has 0 spiro atoms. The summed E-state index contributed by atoms with van der Waals surface area (Å²) in [7, 11) is 0. The lowest BCUT2D eigenvalue weighted by Crippen LogP contribution is -2.46. The van der Waals surface area contributed by atoms with Crippen molar-refractivity contribution in [3.63, 3.8) is 0 Å². The molecule has 6 rings (SSSR count). The highest BCUT2D eigenvalue weighted by Crippen LogP contribution is 2.77. The Bertz CT molecular complexity index is 657. The smallest absolute Gasteiger partial charge is 0.302 e. The summed E-state index contributed by atoms with van der Waals surface area (Å²) >= 11 is 0. The Kier molecular flexibility index (Phi) is 3.45. The van der Waals surface area contributed by atoms with Crippen molar-refractivity contribution in [2.24, 2.45) is 71.0 Å². The molecule has 0 aromatic carbocycles. The van der Waals surface area contributed by atoms with Crippen LogP contribution in [0.4, 0.5) is 0 Å². The van der Waals surface area contributed by atoms with Crippen LogP contribution in [0.25, 0.3) is 0 Å². The van der Waals surface area contributed by atoms with Gasteiger partial charge >= 0.3 is 11.9 Å². The summed E-state index contributed by atoms with van der Waals surface area (Å²) in [6.45, 7) is 4.04. The Morgan fingerprint density at radius 1 is 0.704 bits per heavy atom. The molecule has 6 aliphatic rings. The lowest BCUT2D eigenvalue weighted by atomic mass is 9.57. The summed E-state index contributed by atoms with van der Waals surface area (Å²) in [6.07, 6.45) is 9.16. The number of fused-ring (bicyclic) bond motifs is 16. The zero-order valence-electron chi connectivity index (χ0n) is 16.3. The lowest BCUT2D eigenvalue weighted by Gasteiger charge is -2.48.